The molecule has 0 saturated heterocycles. The normalized spacial score (nSPS) is 13.3. The molecule has 6 heteroatoms. The Morgan fingerprint density at radius 1 is 0.259 bits per heavy atom. The van der Waals surface area contributed by atoms with Crippen LogP contribution in [0.4, 0.5) is 22.7 Å². The number of rotatable bonds is 12. The van der Waals surface area contributed by atoms with Gasteiger partial charge in [-0.15, -0.1) is 0 Å². The second kappa shape index (κ2) is 16.0. The highest BCUT2D eigenvalue weighted by molar-refractivity contribution is 5.82. The molecule has 54 heavy (non-hydrogen) atoms. The van der Waals surface area contributed by atoms with Crippen LogP contribution in [0.15, 0.2) is 97.1 Å². The highest BCUT2D eigenvalue weighted by Gasteiger charge is 2.15. The van der Waals surface area contributed by atoms with Gasteiger partial charge in [-0.05, 0) is 144 Å². The fraction of sp³-hybridized carbons (Fsp3) is 0.250. The Balaban J connectivity index is 1.61. The topological polar surface area (TPSA) is 25.8 Å². The van der Waals surface area contributed by atoms with Crippen LogP contribution in [-0.4, -0.2) is 94.5 Å². The van der Waals surface area contributed by atoms with Crippen molar-refractivity contribution in [3.63, 3.8) is 0 Å². The molecular formula is C48H60N6+4. The molecule has 0 aliphatic carbocycles. The summed E-state index contributed by atoms with van der Waals surface area (Å²) in [5, 5.41) is 0. The van der Waals surface area contributed by atoms with Crippen molar-refractivity contribution < 1.29 is 0 Å². The van der Waals surface area contributed by atoms with Crippen molar-refractivity contribution in [2.45, 2.75) is 0 Å². The average molecular weight is 721 g/mol. The van der Waals surface area contributed by atoms with Crippen molar-refractivity contribution in [2.24, 2.45) is 0 Å². The molecule has 0 unspecified atom stereocenters. The van der Waals surface area contributed by atoms with E-state index in [4.69, 9.17) is 9.97 Å². The standard InChI is InChI=1S/C48H60N6/c1-51(2,3)41-25-13-37(14-26-41)21-33-45-46(34-22-38-15-27-42(28-16-38)52(4,5)6)50-48(36-24-40-19-31-44(32-20-40)54(10,11)12)47(49-45)35-23-39-17-29-43(30-18-39)53(7,8)9/h13-36H,1-12H3/q+4/b33-21+,34-22+,35-23+,36-24+. The van der Waals surface area contributed by atoms with Gasteiger partial charge in [0.15, 0.2) is 0 Å². The van der Waals surface area contributed by atoms with Gasteiger partial charge in [-0.1, -0.05) is 24.3 Å². The van der Waals surface area contributed by atoms with Crippen LogP contribution in [0.3, 0.4) is 0 Å². The predicted octanol–water partition coefficient (Wildman–Crippen LogP) is 9.95. The van der Waals surface area contributed by atoms with E-state index in [1.54, 1.807) is 0 Å². The zero-order valence-corrected chi connectivity index (χ0v) is 34.5. The first kappa shape index (κ1) is 40.0. The Bertz CT molecular complexity index is 1830. The van der Waals surface area contributed by atoms with Crippen molar-refractivity contribution in [2.75, 3.05) is 84.6 Å². The summed E-state index contributed by atoms with van der Waals surface area (Å²) >= 11 is 0. The summed E-state index contributed by atoms with van der Waals surface area (Å²) in [6, 6.07) is 34.8. The van der Waals surface area contributed by atoms with Crippen LogP contribution < -0.4 is 17.9 Å². The molecule has 1 heterocycles. The maximum atomic E-state index is 5.28. The van der Waals surface area contributed by atoms with Crippen LogP contribution >= 0.6 is 0 Å². The molecule has 5 rings (SSSR count). The number of aromatic nitrogens is 2. The third-order valence-electron chi connectivity index (χ3n) is 9.41. The van der Waals surface area contributed by atoms with E-state index in [1.807, 2.05) is 0 Å². The molecule has 0 aliphatic rings. The Labute approximate surface area is 325 Å². The van der Waals surface area contributed by atoms with Gasteiger partial charge in [0, 0.05) is 0 Å². The maximum Gasteiger partial charge on any atom is 0.132 e. The Morgan fingerprint density at radius 2 is 0.426 bits per heavy atom. The lowest BCUT2D eigenvalue weighted by molar-refractivity contribution is 0.486. The first-order chi connectivity index (χ1) is 25.3. The van der Waals surface area contributed by atoms with Crippen molar-refractivity contribution >= 4 is 71.4 Å². The third kappa shape index (κ3) is 10.9. The molecule has 5 aromatic rings. The number of benzene rings is 4. The van der Waals surface area contributed by atoms with Crippen LogP contribution in [0, 0.1) is 0 Å². The van der Waals surface area contributed by atoms with Gasteiger partial charge in [0.05, 0.1) is 107 Å². The molecule has 0 radical (unpaired) electrons. The lowest BCUT2D eigenvalue weighted by atomic mass is 10.1. The SMILES string of the molecule is C[N+](C)(C)c1ccc(/C=C/c2nc(/C=C/c3ccc([N+](C)(C)C)cc3)c(/C=C/c3ccc([N+](C)(C)C)cc3)nc2/C=C/c2ccc([N+](C)(C)C)cc2)cc1. The molecule has 0 N–H and O–H groups in total. The molecule has 0 aliphatic heterocycles. The van der Waals surface area contributed by atoms with Gasteiger partial charge in [0.2, 0.25) is 0 Å². The van der Waals surface area contributed by atoms with Gasteiger partial charge in [-0.25, -0.2) is 9.97 Å². The van der Waals surface area contributed by atoms with Gasteiger partial charge in [0.25, 0.3) is 0 Å². The second-order valence-corrected chi connectivity index (χ2v) is 17.5. The van der Waals surface area contributed by atoms with Crippen LogP contribution in [0.5, 0.6) is 0 Å². The number of quaternary nitrogens is 4. The van der Waals surface area contributed by atoms with Crippen LogP contribution in [0.25, 0.3) is 48.6 Å². The summed E-state index contributed by atoms with van der Waals surface area (Å²) < 4.78 is 3.07. The lowest BCUT2D eigenvalue weighted by Gasteiger charge is -2.23. The van der Waals surface area contributed by atoms with Gasteiger partial charge < -0.3 is 0 Å². The Kier molecular flexibility index (Phi) is 11.8. The van der Waals surface area contributed by atoms with E-state index >= 15 is 0 Å². The monoisotopic (exact) mass is 720 g/mol. The number of nitrogens with zero attached hydrogens (tertiary/aromatic N) is 6. The fourth-order valence-electron chi connectivity index (χ4n) is 5.81. The highest BCUT2D eigenvalue weighted by atomic mass is 15.3. The van der Waals surface area contributed by atoms with Gasteiger partial charge in [-0.3, -0.25) is 17.9 Å². The van der Waals surface area contributed by atoms with Crippen molar-refractivity contribution in [3.8, 4) is 0 Å². The molecule has 4 aromatic carbocycles. The lowest BCUT2D eigenvalue weighted by Crippen LogP contribution is -2.34. The third-order valence-corrected chi connectivity index (χ3v) is 9.41. The number of hydrogen-bond acceptors (Lipinski definition) is 2. The zero-order chi connectivity index (χ0) is 39.3. The minimum absolute atomic E-state index is 0.767. The Morgan fingerprint density at radius 3 is 0.574 bits per heavy atom. The molecule has 0 amide bonds. The summed E-state index contributed by atoms with van der Waals surface area (Å²) in [6.07, 6.45) is 16.8. The average Bonchev–Trinajstić information content (AvgIpc) is 3.11. The quantitative estimate of drug-likeness (QED) is 0.120. The summed E-state index contributed by atoms with van der Waals surface area (Å²) in [4.78, 5) is 10.6. The smallest absolute Gasteiger partial charge is 0.132 e. The van der Waals surface area contributed by atoms with E-state index in [-0.39, 0.29) is 0 Å². The molecule has 278 valence electrons. The van der Waals surface area contributed by atoms with Crippen LogP contribution in [-0.2, 0) is 0 Å². The predicted molar refractivity (Wildman–Crippen MR) is 242 cm³/mol. The van der Waals surface area contributed by atoms with Crippen molar-refractivity contribution in [1.82, 2.24) is 27.9 Å². The molecule has 0 spiro atoms. The van der Waals surface area contributed by atoms with E-state index < -0.39 is 0 Å². The van der Waals surface area contributed by atoms with Crippen molar-refractivity contribution in [1.29, 1.82) is 0 Å². The second-order valence-electron chi connectivity index (χ2n) is 17.5. The van der Waals surface area contributed by atoms with E-state index in [0.717, 1.165) is 63.0 Å². The maximum absolute atomic E-state index is 5.28. The van der Waals surface area contributed by atoms with Crippen molar-refractivity contribution in [3.05, 3.63) is 142 Å². The summed E-state index contributed by atoms with van der Waals surface area (Å²) in [6.45, 7) is 0. The van der Waals surface area contributed by atoms with E-state index in [1.165, 1.54) is 22.7 Å². The molecule has 6 nitrogen and oxygen atoms in total. The van der Waals surface area contributed by atoms with Gasteiger partial charge in [0.1, 0.15) is 22.7 Å². The molecule has 0 saturated carbocycles. The molecule has 0 bridgehead atoms. The molecular weight excluding hydrogens is 661 g/mol. The Hall–Kier alpha value is -5.24. The van der Waals surface area contributed by atoms with Crippen LogP contribution in [0.2, 0.25) is 0 Å². The van der Waals surface area contributed by atoms with Gasteiger partial charge >= 0.3 is 0 Å². The first-order valence-corrected chi connectivity index (χ1v) is 18.6. The largest absolute Gasteiger partial charge is 0.298 e. The first-order valence-electron chi connectivity index (χ1n) is 18.6. The van der Waals surface area contributed by atoms with Gasteiger partial charge in [-0.2, -0.15) is 0 Å². The minimum atomic E-state index is 0.767. The summed E-state index contributed by atoms with van der Waals surface area (Å²) in [5.74, 6) is 0. The summed E-state index contributed by atoms with van der Waals surface area (Å²) in [5.41, 5.74) is 12.6. The zero-order valence-electron chi connectivity index (χ0n) is 34.5. The molecule has 0 fully saturated rings. The van der Waals surface area contributed by atoms with E-state index in [2.05, 4.69) is 230 Å². The van der Waals surface area contributed by atoms with Crippen LogP contribution in [0.1, 0.15) is 45.0 Å². The summed E-state index contributed by atoms with van der Waals surface area (Å²) in [7, 11) is 26.1. The highest BCUT2D eigenvalue weighted by Crippen LogP contribution is 2.25. The minimum Gasteiger partial charge on any atom is -0.298 e. The van der Waals surface area contributed by atoms with E-state index in [0.29, 0.717) is 0 Å². The fourth-order valence-corrected chi connectivity index (χ4v) is 5.81. The molecule has 0 atom stereocenters. The number of hydrogen-bond donors (Lipinski definition) is 0. The van der Waals surface area contributed by atoms with E-state index in [9.17, 15) is 0 Å². The molecule has 1 aromatic heterocycles.